The lowest BCUT2D eigenvalue weighted by molar-refractivity contribution is -0.170. The van der Waals surface area contributed by atoms with Gasteiger partial charge in [0.25, 0.3) is 0 Å². The van der Waals surface area contributed by atoms with E-state index in [-0.39, 0.29) is 28.1 Å². The van der Waals surface area contributed by atoms with Gasteiger partial charge in [0.15, 0.2) is 0 Å². The zero-order valence-electron chi connectivity index (χ0n) is 22.9. The van der Waals surface area contributed by atoms with Crippen molar-refractivity contribution in [2.45, 2.75) is 97.9 Å². The quantitative estimate of drug-likeness (QED) is 0.354. The highest BCUT2D eigenvalue weighted by Gasteiger charge is 2.64. The van der Waals surface area contributed by atoms with Gasteiger partial charge >= 0.3 is 5.97 Å². The van der Waals surface area contributed by atoms with E-state index in [1.54, 1.807) is 0 Å². The Kier molecular flexibility index (Phi) is 5.92. The second-order valence-electron chi connectivity index (χ2n) is 13.9. The molecule has 4 fully saturated rings. The number of likely N-dealkylation sites (tertiary alicyclic amines) is 1. The smallest absolute Gasteiger partial charge is 0.314 e. The average Bonchev–Trinajstić information content (AvgIpc) is 3.15. The lowest BCUT2D eigenvalue weighted by Gasteiger charge is -2.63. The Morgan fingerprint density at radius 1 is 1.03 bits per heavy atom. The number of ether oxygens (including phenoxy) is 1. The first-order valence-electron chi connectivity index (χ1n) is 13.9. The van der Waals surface area contributed by atoms with Crippen LogP contribution in [-0.2, 0) is 15.0 Å². The highest BCUT2D eigenvalue weighted by molar-refractivity contribution is 5.78. The standard InChI is InChI=1S/C31H45NO3/c1-19-18-25-31(6,17-15-26(33)32(25)7)22-14-16-30(5)21(27(19)22)12-13-23(30)28(34)35-24-11-9-8-10-20(24)29(2,3)4/h8-11,19,21-23,25,27H,12-18H2,1-7H3/t19-,21-,22-,23+,25+,27-,30-,31+/m0/s1. The minimum Gasteiger partial charge on any atom is -0.426 e. The molecule has 35 heavy (non-hydrogen) atoms. The van der Waals surface area contributed by atoms with Crippen molar-refractivity contribution in [2.24, 2.45) is 40.4 Å². The van der Waals surface area contributed by atoms with Crippen LogP contribution in [0.1, 0.15) is 92.1 Å². The molecule has 1 aromatic carbocycles. The predicted octanol–water partition coefficient (Wildman–Crippen LogP) is 6.62. The molecule has 0 spiro atoms. The number of para-hydroxylation sites is 1. The van der Waals surface area contributed by atoms with Crippen molar-refractivity contribution >= 4 is 11.9 Å². The Morgan fingerprint density at radius 3 is 2.43 bits per heavy atom. The minimum absolute atomic E-state index is 0.00275. The van der Waals surface area contributed by atoms with Crippen molar-refractivity contribution in [2.75, 3.05) is 7.05 Å². The van der Waals surface area contributed by atoms with E-state index >= 15 is 0 Å². The molecule has 0 radical (unpaired) electrons. The maximum atomic E-state index is 13.7. The summed E-state index contributed by atoms with van der Waals surface area (Å²) in [6.07, 6.45) is 7.12. The van der Waals surface area contributed by atoms with E-state index in [1.807, 2.05) is 25.2 Å². The topological polar surface area (TPSA) is 46.6 Å². The zero-order valence-corrected chi connectivity index (χ0v) is 22.9. The van der Waals surface area contributed by atoms with Gasteiger partial charge in [0, 0.05) is 25.1 Å². The Hall–Kier alpha value is -1.84. The van der Waals surface area contributed by atoms with Gasteiger partial charge in [0.1, 0.15) is 5.75 Å². The molecule has 4 aliphatic rings. The number of fused-ring (bicyclic) bond motifs is 5. The van der Waals surface area contributed by atoms with Gasteiger partial charge in [-0.15, -0.1) is 0 Å². The molecule has 8 atom stereocenters. The molecule has 0 bridgehead atoms. The van der Waals surface area contributed by atoms with E-state index in [4.69, 9.17) is 4.74 Å². The third kappa shape index (κ3) is 3.76. The number of hydrogen-bond acceptors (Lipinski definition) is 3. The molecule has 0 aromatic heterocycles. The average molecular weight is 480 g/mol. The van der Waals surface area contributed by atoms with Gasteiger partial charge in [0.2, 0.25) is 5.91 Å². The second-order valence-corrected chi connectivity index (χ2v) is 13.9. The van der Waals surface area contributed by atoms with Crippen LogP contribution in [-0.4, -0.2) is 29.9 Å². The molecule has 1 amide bonds. The first-order valence-corrected chi connectivity index (χ1v) is 13.9. The summed E-state index contributed by atoms with van der Waals surface area (Å²) in [6.45, 7) is 13.8. The normalized spacial score (nSPS) is 41.1. The van der Waals surface area contributed by atoms with Crippen molar-refractivity contribution in [3.8, 4) is 5.75 Å². The Bertz CT molecular complexity index is 1010. The lowest BCUT2D eigenvalue weighted by atomic mass is 9.44. The fourth-order valence-corrected chi connectivity index (χ4v) is 9.20. The number of piperidine rings is 1. The molecule has 3 saturated carbocycles. The van der Waals surface area contributed by atoms with Crippen LogP contribution in [0.25, 0.3) is 0 Å². The number of esters is 1. The number of carbonyl (C=O) groups is 2. The number of amides is 1. The first-order chi connectivity index (χ1) is 16.4. The number of hydrogen-bond donors (Lipinski definition) is 0. The third-order valence-electron chi connectivity index (χ3n) is 11.1. The van der Waals surface area contributed by atoms with Crippen molar-refractivity contribution in [1.29, 1.82) is 0 Å². The van der Waals surface area contributed by atoms with E-state index in [2.05, 4.69) is 52.5 Å². The molecule has 0 unspecified atom stereocenters. The van der Waals surface area contributed by atoms with Crippen LogP contribution in [0.3, 0.4) is 0 Å². The highest BCUT2D eigenvalue weighted by Crippen LogP contribution is 2.67. The van der Waals surface area contributed by atoms with E-state index < -0.39 is 0 Å². The van der Waals surface area contributed by atoms with Crippen LogP contribution < -0.4 is 4.74 Å². The SMILES string of the molecule is C[C@H]1C[C@H]2N(C)C(=O)CC[C@]2(C)[C@H]2CC[C@]3(C)[C@@H](C(=O)Oc4ccccc4C(C)(C)C)CC[C@H]3[C@H]12. The van der Waals surface area contributed by atoms with Gasteiger partial charge in [-0.05, 0) is 84.5 Å². The number of rotatable bonds is 2. The molecule has 4 heteroatoms. The van der Waals surface area contributed by atoms with E-state index in [0.29, 0.717) is 42.0 Å². The third-order valence-corrected chi connectivity index (χ3v) is 11.1. The van der Waals surface area contributed by atoms with Crippen LogP contribution in [0.5, 0.6) is 5.75 Å². The number of nitrogens with zero attached hydrogens (tertiary/aromatic N) is 1. The van der Waals surface area contributed by atoms with Gasteiger partial charge in [0.05, 0.1) is 5.92 Å². The van der Waals surface area contributed by atoms with Gasteiger partial charge < -0.3 is 9.64 Å². The monoisotopic (exact) mass is 479 g/mol. The van der Waals surface area contributed by atoms with Crippen molar-refractivity contribution in [3.63, 3.8) is 0 Å². The van der Waals surface area contributed by atoms with Gasteiger partial charge in [-0.3, -0.25) is 9.59 Å². The van der Waals surface area contributed by atoms with Gasteiger partial charge in [-0.25, -0.2) is 0 Å². The van der Waals surface area contributed by atoms with E-state index in [9.17, 15) is 9.59 Å². The van der Waals surface area contributed by atoms with Gasteiger partial charge in [-0.1, -0.05) is 59.7 Å². The molecule has 1 aromatic rings. The lowest BCUT2D eigenvalue weighted by Crippen LogP contribution is -2.63. The summed E-state index contributed by atoms with van der Waals surface area (Å²) in [5.41, 5.74) is 1.22. The van der Waals surface area contributed by atoms with E-state index in [0.717, 1.165) is 43.4 Å². The molecular weight excluding hydrogens is 434 g/mol. The zero-order chi connectivity index (χ0) is 25.3. The van der Waals surface area contributed by atoms with E-state index in [1.165, 1.54) is 6.42 Å². The summed E-state index contributed by atoms with van der Waals surface area (Å²) in [5, 5.41) is 0. The summed E-state index contributed by atoms with van der Waals surface area (Å²) in [5.74, 6) is 3.40. The van der Waals surface area contributed by atoms with Crippen LogP contribution in [0, 0.1) is 40.4 Å². The van der Waals surface area contributed by atoms with Crippen LogP contribution in [0.4, 0.5) is 0 Å². The molecule has 0 N–H and O–H groups in total. The fraction of sp³-hybridized carbons (Fsp3) is 0.742. The number of carbonyl (C=O) groups excluding carboxylic acids is 2. The molecule has 192 valence electrons. The Morgan fingerprint density at radius 2 is 1.71 bits per heavy atom. The van der Waals surface area contributed by atoms with Crippen molar-refractivity contribution in [1.82, 2.24) is 4.90 Å². The fourth-order valence-electron chi connectivity index (χ4n) is 9.20. The van der Waals surface area contributed by atoms with Crippen LogP contribution in [0.2, 0.25) is 0 Å². The molecule has 4 nitrogen and oxygen atoms in total. The van der Waals surface area contributed by atoms with Crippen molar-refractivity contribution in [3.05, 3.63) is 29.8 Å². The summed E-state index contributed by atoms with van der Waals surface area (Å²) >= 11 is 0. The molecule has 1 heterocycles. The molecular formula is C31H45NO3. The molecule has 3 aliphatic carbocycles. The molecule has 1 aliphatic heterocycles. The maximum Gasteiger partial charge on any atom is 0.314 e. The van der Waals surface area contributed by atoms with Crippen LogP contribution >= 0.6 is 0 Å². The number of benzene rings is 1. The molecule has 1 saturated heterocycles. The second kappa shape index (κ2) is 8.35. The Labute approximate surface area is 212 Å². The summed E-state index contributed by atoms with van der Waals surface area (Å²) < 4.78 is 6.18. The predicted molar refractivity (Wildman–Crippen MR) is 139 cm³/mol. The maximum absolute atomic E-state index is 13.7. The molecule has 5 rings (SSSR count). The summed E-state index contributed by atoms with van der Waals surface area (Å²) in [4.78, 5) is 28.3. The highest BCUT2D eigenvalue weighted by atomic mass is 16.5. The van der Waals surface area contributed by atoms with Gasteiger partial charge in [-0.2, -0.15) is 0 Å². The Balaban J connectivity index is 1.39. The van der Waals surface area contributed by atoms with Crippen molar-refractivity contribution < 1.29 is 14.3 Å². The summed E-state index contributed by atoms with van der Waals surface area (Å²) in [7, 11) is 2.03. The largest absolute Gasteiger partial charge is 0.426 e. The minimum atomic E-state index is -0.0743. The van der Waals surface area contributed by atoms with Crippen LogP contribution in [0.15, 0.2) is 24.3 Å². The first kappa shape index (κ1) is 24.8. The summed E-state index contributed by atoms with van der Waals surface area (Å²) in [6, 6.07) is 8.39.